The number of fused-ring (bicyclic) bond motifs is 1. The Hall–Kier alpha value is -1.98. The predicted octanol–water partition coefficient (Wildman–Crippen LogP) is 3.94. The Morgan fingerprint density at radius 3 is 2.90 bits per heavy atom. The topological polar surface area (TPSA) is 58.0 Å². The molecule has 2 N–H and O–H groups in total. The quantitative estimate of drug-likeness (QED) is 0.756. The van der Waals surface area contributed by atoms with Crippen LogP contribution in [0, 0.1) is 6.92 Å². The molecule has 106 valence electrons. The molecule has 0 aliphatic heterocycles. The van der Waals surface area contributed by atoms with Crippen molar-refractivity contribution < 1.29 is 5.11 Å². The summed E-state index contributed by atoms with van der Waals surface area (Å²) in [5.41, 5.74) is 3.67. The molecule has 0 saturated carbocycles. The molecule has 3 aromatic rings. The molecular weight excluding hydrogens is 330 g/mol. The standard InChI is InChI=1S/C16H14BrN3O/c1-10-13(17)3-2-4-14(10)20-16-15-12(5-6-18-16)7-11(9-21)8-19-15/h2-8,21H,9H2,1H3,(H,18,20). The van der Waals surface area contributed by atoms with Gasteiger partial charge in [-0.2, -0.15) is 0 Å². The van der Waals surface area contributed by atoms with E-state index in [-0.39, 0.29) is 6.61 Å². The highest BCUT2D eigenvalue weighted by molar-refractivity contribution is 9.10. The number of hydrogen-bond donors (Lipinski definition) is 2. The average Bonchev–Trinajstić information content (AvgIpc) is 2.51. The minimum atomic E-state index is -0.0151. The first-order valence-electron chi connectivity index (χ1n) is 6.55. The van der Waals surface area contributed by atoms with Crippen LogP contribution in [0.25, 0.3) is 10.9 Å². The number of halogens is 1. The molecule has 21 heavy (non-hydrogen) atoms. The lowest BCUT2D eigenvalue weighted by Crippen LogP contribution is -1.98. The summed E-state index contributed by atoms with van der Waals surface area (Å²) < 4.78 is 1.04. The second-order valence-corrected chi connectivity index (χ2v) is 5.62. The lowest BCUT2D eigenvalue weighted by molar-refractivity contribution is 0.281. The maximum absolute atomic E-state index is 9.19. The van der Waals surface area contributed by atoms with Crippen LogP contribution in [-0.2, 0) is 6.61 Å². The lowest BCUT2D eigenvalue weighted by Gasteiger charge is -2.11. The highest BCUT2D eigenvalue weighted by Gasteiger charge is 2.07. The number of pyridine rings is 2. The molecule has 2 heterocycles. The largest absolute Gasteiger partial charge is 0.392 e. The van der Waals surface area contributed by atoms with Crippen LogP contribution in [-0.4, -0.2) is 15.1 Å². The maximum atomic E-state index is 9.19. The zero-order chi connectivity index (χ0) is 14.8. The van der Waals surface area contributed by atoms with E-state index in [9.17, 15) is 5.11 Å². The van der Waals surface area contributed by atoms with E-state index < -0.39 is 0 Å². The van der Waals surface area contributed by atoms with Crippen molar-refractivity contribution in [1.29, 1.82) is 0 Å². The van der Waals surface area contributed by atoms with Gasteiger partial charge in [0.15, 0.2) is 5.82 Å². The Morgan fingerprint density at radius 2 is 2.10 bits per heavy atom. The molecule has 0 spiro atoms. The van der Waals surface area contributed by atoms with Gasteiger partial charge in [0.25, 0.3) is 0 Å². The fourth-order valence-corrected chi connectivity index (χ4v) is 2.52. The molecule has 1 aromatic carbocycles. The summed E-state index contributed by atoms with van der Waals surface area (Å²) in [6.07, 6.45) is 3.41. The molecular formula is C16H14BrN3O. The molecule has 3 rings (SSSR count). The molecule has 0 aliphatic carbocycles. The number of anilines is 2. The van der Waals surface area contributed by atoms with E-state index in [4.69, 9.17) is 0 Å². The van der Waals surface area contributed by atoms with Crippen molar-refractivity contribution in [3.05, 3.63) is 58.3 Å². The van der Waals surface area contributed by atoms with Gasteiger partial charge in [0, 0.05) is 27.9 Å². The number of aliphatic hydroxyl groups is 1. The van der Waals surface area contributed by atoms with E-state index in [1.807, 2.05) is 37.3 Å². The summed E-state index contributed by atoms with van der Waals surface area (Å²) in [5.74, 6) is 0.707. The zero-order valence-corrected chi connectivity index (χ0v) is 13.1. The molecule has 0 radical (unpaired) electrons. The van der Waals surface area contributed by atoms with Crippen LogP contribution in [0.3, 0.4) is 0 Å². The minimum absolute atomic E-state index is 0.0151. The highest BCUT2D eigenvalue weighted by atomic mass is 79.9. The van der Waals surface area contributed by atoms with E-state index in [0.717, 1.165) is 32.2 Å². The summed E-state index contributed by atoms with van der Waals surface area (Å²) in [7, 11) is 0. The number of benzene rings is 1. The smallest absolute Gasteiger partial charge is 0.156 e. The van der Waals surface area contributed by atoms with Crippen LogP contribution < -0.4 is 5.32 Å². The van der Waals surface area contributed by atoms with Crippen LogP contribution in [0.2, 0.25) is 0 Å². The normalized spacial score (nSPS) is 10.8. The van der Waals surface area contributed by atoms with E-state index in [0.29, 0.717) is 5.82 Å². The van der Waals surface area contributed by atoms with Gasteiger partial charge in [-0.25, -0.2) is 4.98 Å². The molecule has 0 amide bonds. The lowest BCUT2D eigenvalue weighted by atomic mass is 10.2. The number of aliphatic hydroxyl groups excluding tert-OH is 1. The number of nitrogens with zero attached hydrogens (tertiary/aromatic N) is 2. The van der Waals surface area contributed by atoms with Crippen LogP contribution in [0.4, 0.5) is 11.5 Å². The number of rotatable bonds is 3. The van der Waals surface area contributed by atoms with Crippen molar-refractivity contribution in [2.45, 2.75) is 13.5 Å². The van der Waals surface area contributed by atoms with Gasteiger partial charge in [-0.15, -0.1) is 0 Å². The molecule has 0 unspecified atom stereocenters. The molecule has 0 atom stereocenters. The van der Waals surface area contributed by atoms with Gasteiger partial charge in [-0.1, -0.05) is 22.0 Å². The van der Waals surface area contributed by atoms with E-state index in [1.165, 1.54) is 0 Å². The number of nitrogens with one attached hydrogen (secondary N) is 1. The Morgan fingerprint density at radius 1 is 1.24 bits per heavy atom. The minimum Gasteiger partial charge on any atom is -0.392 e. The third-order valence-corrected chi connectivity index (χ3v) is 4.22. The average molecular weight is 344 g/mol. The summed E-state index contributed by atoms with van der Waals surface area (Å²) in [4.78, 5) is 8.78. The molecule has 0 saturated heterocycles. The van der Waals surface area contributed by atoms with Crippen molar-refractivity contribution >= 4 is 38.3 Å². The first-order valence-corrected chi connectivity index (χ1v) is 7.35. The van der Waals surface area contributed by atoms with Gasteiger partial charge in [-0.3, -0.25) is 4.98 Å². The SMILES string of the molecule is Cc1c(Br)cccc1Nc1nccc2cc(CO)cnc12. The van der Waals surface area contributed by atoms with Gasteiger partial charge in [0.05, 0.1) is 6.61 Å². The third-order valence-electron chi connectivity index (χ3n) is 3.36. The van der Waals surface area contributed by atoms with Crippen molar-refractivity contribution in [2.75, 3.05) is 5.32 Å². The van der Waals surface area contributed by atoms with Crippen molar-refractivity contribution in [3.8, 4) is 0 Å². The van der Waals surface area contributed by atoms with Crippen LogP contribution in [0.5, 0.6) is 0 Å². The molecule has 2 aromatic heterocycles. The first kappa shape index (κ1) is 14.0. The molecule has 0 fully saturated rings. The Kier molecular flexibility index (Phi) is 3.86. The molecule has 4 nitrogen and oxygen atoms in total. The summed E-state index contributed by atoms with van der Waals surface area (Å²) in [5, 5.41) is 13.5. The summed E-state index contributed by atoms with van der Waals surface area (Å²) in [6.45, 7) is 2.02. The van der Waals surface area contributed by atoms with Crippen molar-refractivity contribution in [3.63, 3.8) is 0 Å². The monoisotopic (exact) mass is 343 g/mol. The van der Waals surface area contributed by atoms with Crippen LogP contribution in [0.15, 0.2) is 47.2 Å². The second-order valence-electron chi connectivity index (χ2n) is 4.77. The first-order chi connectivity index (χ1) is 10.2. The van der Waals surface area contributed by atoms with E-state index in [1.54, 1.807) is 12.4 Å². The fourth-order valence-electron chi connectivity index (χ4n) is 2.15. The second kappa shape index (κ2) is 5.79. The van der Waals surface area contributed by atoms with Gasteiger partial charge < -0.3 is 10.4 Å². The zero-order valence-electron chi connectivity index (χ0n) is 11.5. The third kappa shape index (κ3) is 2.75. The Balaban J connectivity index is 2.06. The van der Waals surface area contributed by atoms with E-state index in [2.05, 4.69) is 31.2 Å². The van der Waals surface area contributed by atoms with Crippen molar-refractivity contribution in [2.24, 2.45) is 0 Å². The summed E-state index contributed by atoms with van der Waals surface area (Å²) in [6, 6.07) is 9.79. The maximum Gasteiger partial charge on any atom is 0.156 e. The van der Waals surface area contributed by atoms with Crippen LogP contribution >= 0.6 is 15.9 Å². The molecule has 0 bridgehead atoms. The number of aromatic nitrogens is 2. The van der Waals surface area contributed by atoms with E-state index >= 15 is 0 Å². The van der Waals surface area contributed by atoms with Crippen molar-refractivity contribution in [1.82, 2.24) is 9.97 Å². The van der Waals surface area contributed by atoms with Gasteiger partial charge in [0.1, 0.15) is 5.52 Å². The molecule has 5 heteroatoms. The predicted molar refractivity (Wildman–Crippen MR) is 87.6 cm³/mol. The van der Waals surface area contributed by atoms with Crippen LogP contribution in [0.1, 0.15) is 11.1 Å². The fraction of sp³-hybridized carbons (Fsp3) is 0.125. The Bertz CT molecular complexity index is 805. The highest BCUT2D eigenvalue weighted by Crippen LogP contribution is 2.28. The van der Waals surface area contributed by atoms with Gasteiger partial charge in [0.2, 0.25) is 0 Å². The molecule has 0 aliphatic rings. The van der Waals surface area contributed by atoms with Gasteiger partial charge >= 0.3 is 0 Å². The van der Waals surface area contributed by atoms with Gasteiger partial charge in [-0.05, 0) is 42.3 Å². The number of hydrogen-bond acceptors (Lipinski definition) is 4. The Labute approximate surface area is 131 Å². The summed E-state index contributed by atoms with van der Waals surface area (Å²) >= 11 is 3.52.